The summed E-state index contributed by atoms with van der Waals surface area (Å²) >= 11 is 0. The van der Waals surface area contributed by atoms with E-state index in [1.807, 2.05) is 18.2 Å². The van der Waals surface area contributed by atoms with Crippen LogP contribution in [0.2, 0.25) is 0 Å². The van der Waals surface area contributed by atoms with Crippen LogP contribution in [0.1, 0.15) is 5.56 Å². The molecule has 1 N–H and O–H groups in total. The molecule has 20 heavy (non-hydrogen) atoms. The Bertz CT molecular complexity index is 462. The number of benzene rings is 1. The average Bonchev–Trinajstić information content (AvgIpc) is 2.49. The fourth-order valence-electron chi connectivity index (χ4n) is 1.32. The van der Waals surface area contributed by atoms with Crippen LogP contribution in [0.5, 0.6) is 0 Å². The van der Waals surface area contributed by atoms with Gasteiger partial charge in [-0.3, -0.25) is 0 Å². The lowest BCUT2D eigenvalue weighted by molar-refractivity contribution is -0.134. The lowest BCUT2D eigenvalue weighted by atomic mass is 10.2. The summed E-state index contributed by atoms with van der Waals surface area (Å²) in [6, 6.07) is 8.16. The molecule has 0 spiro atoms. The van der Waals surface area contributed by atoms with Gasteiger partial charge in [-0.1, -0.05) is 36.4 Å². The Morgan fingerprint density at radius 1 is 1.35 bits per heavy atom. The van der Waals surface area contributed by atoms with Gasteiger partial charge in [-0.2, -0.15) is 0 Å². The topological polar surface area (TPSA) is 64.6 Å². The molecule has 0 aliphatic heterocycles. The summed E-state index contributed by atoms with van der Waals surface area (Å²) in [5.41, 5.74) is 0.824. The maximum atomic E-state index is 12.7. The fourth-order valence-corrected chi connectivity index (χ4v) is 1.32. The summed E-state index contributed by atoms with van der Waals surface area (Å²) < 4.78 is 22.0. The molecule has 0 bridgehead atoms. The molecule has 0 heterocycles. The van der Waals surface area contributed by atoms with Gasteiger partial charge in [0.15, 0.2) is 0 Å². The van der Waals surface area contributed by atoms with Gasteiger partial charge in [0.1, 0.15) is 13.3 Å². The number of ether oxygens (including phenoxy) is 2. The highest BCUT2D eigenvalue weighted by atomic mass is 19.1. The van der Waals surface area contributed by atoms with Gasteiger partial charge in [0, 0.05) is 6.08 Å². The molecule has 0 fully saturated rings. The van der Waals surface area contributed by atoms with Crippen LogP contribution in [-0.2, 0) is 20.9 Å². The smallest absolute Gasteiger partial charge is 0.408 e. The Morgan fingerprint density at radius 3 is 2.65 bits per heavy atom. The predicted molar refractivity (Wildman–Crippen MR) is 70.7 cm³/mol. The number of esters is 1. The highest BCUT2D eigenvalue weighted by Crippen LogP contribution is 2.01. The number of amides is 1. The zero-order chi connectivity index (χ0) is 14.8. The van der Waals surface area contributed by atoms with E-state index in [1.54, 1.807) is 12.1 Å². The Morgan fingerprint density at radius 2 is 2.05 bits per heavy atom. The van der Waals surface area contributed by atoms with Crippen LogP contribution in [0.3, 0.4) is 0 Å². The van der Waals surface area contributed by atoms with Crippen LogP contribution in [0.4, 0.5) is 9.18 Å². The molecule has 5 nitrogen and oxygen atoms in total. The van der Waals surface area contributed by atoms with E-state index >= 15 is 0 Å². The summed E-state index contributed by atoms with van der Waals surface area (Å²) in [5, 5.41) is 2.29. The molecule has 0 aromatic heterocycles. The maximum absolute atomic E-state index is 12.7. The van der Waals surface area contributed by atoms with Gasteiger partial charge in [-0.25, -0.2) is 14.0 Å². The number of methoxy groups -OCH3 is 1. The molecule has 6 heteroatoms. The molecule has 108 valence electrons. The van der Waals surface area contributed by atoms with Gasteiger partial charge in [-0.05, 0) is 5.56 Å². The Kier molecular flexibility index (Phi) is 6.81. The molecule has 0 saturated heterocycles. The number of carbonyl (C=O) groups is 2. The second kappa shape index (κ2) is 8.68. The number of hydrogen-bond donors (Lipinski definition) is 1. The van der Waals surface area contributed by atoms with Crippen molar-refractivity contribution in [2.24, 2.45) is 0 Å². The molecular weight excluding hydrogens is 265 g/mol. The van der Waals surface area contributed by atoms with Gasteiger partial charge >= 0.3 is 12.1 Å². The molecule has 0 aliphatic rings. The number of alkyl halides is 1. The average molecular weight is 281 g/mol. The first-order valence-electron chi connectivity index (χ1n) is 5.95. The molecule has 1 amide bonds. The van der Waals surface area contributed by atoms with Gasteiger partial charge < -0.3 is 14.8 Å². The Balaban J connectivity index is 2.39. The Labute approximate surface area is 116 Å². The lowest BCUT2D eigenvalue weighted by Crippen LogP contribution is -2.35. The van der Waals surface area contributed by atoms with Crippen molar-refractivity contribution >= 4 is 12.1 Å². The van der Waals surface area contributed by atoms with Crippen molar-refractivity contribution in [2.45, 2.75) is 12.6 Å². The normalized spacial score (nSPS) is 11.9. The van der Waals surface area contributed by atoms with Crippen LogP contribution >= 0.6 is 0 Å². The van der Waals surface area contributed by atoms with Crippen LogP contribution in [0, 0.1) is 0 Å². The van der Waals surface area contributed by atoms with E-state index in [0.717, 1.165) is 11.6 Å². The number of carbonyl (C=O) groups excluding carboxylic acids is 2. The highest BCUT2D eigenvalue weighted by Gasteiger charge is 2.10. The van der Waals surface area contributed by atoms with Crippen LogP contribution in [-0.4, -0.2) is 31.9 Å². The minimum absolute atomic E-state index is 0.0897. The molecule has 1 rings (SSSR count). The molecule has 1 aromatic carbocycles. The van der Waals surface area contributed by atoms with Gasteiger partial charge in [0.05, 0.1) is 13.2 Å². The van der Waals surface area contributed by atoms with Crippen molar-refractivity contribution in [3.05, 3.63) is 48.0 Å². The first kappa shape index (κ1) is 15.7. The molecule has 0 aliphatic carbocycles. The molecule has 0 saturated carbocycles. The van der Waals surface area contributed by atoms with E-state index in [-0.39, 0.29) is 6.61 Å². The third-order valence-corrected chi connectivity index (χ3v) is 2.35. The van der Waals surface area contributed by atoms with Crippen molar-refractivity contribution in [2.75, 3.05) is 13.8 Å². The van der Waals surface area contributed by atoms with E-state index in [1.165, 1.54) is 13.2 Å². The summed E-state index contributed by atoms with van der Waals surface area (Å²) in [6.45, 7) is -0.764. The van der Waals surface area contributed by atoms with E-state index in [4.69, 9.17) is 4.74 Å². The predicted octanol–water partition coefficient (Wildman–Crippen LogP) is 1.98. The summed E-state index contributed by atoms with van der Waals surface area (Å²) in [7, 11) is 1.21. The van der Waals surface area contributed by atoms with Gasteiger partial charge in [0.25, 0.3) is 0 Å². The van der Waals surface area contributed by atoms with E-state index in [0.29, 0.717) is 0 Å². The summed E-state index contributed by atoms with van der Waals surface area (Å²) in [4.78, 5) is 22.3. The third kappa shape index (κ3) is 5.99. The fraction of sp³-hybridized carbons (Fsp3) is 0.286. The number of rotatable bonds is 6. The SMILES string of the molecule is COC(=O)/C=C/[C@@H](CF)NC(=O)OCc1ccccc1. The molecule has 0 unspecified atom stereocenters. The van der Waals surface area contributed by atoms with Crippen molar-refractivity contribution in [3.8, 4) is 0 Å². The van der Waals surface area contributed by atoms with Crippen molar-refractivity contribution in [1.29, 1.82) is 0 Å². The molecule has 1 atom stereocenters. The quantitative estimate of drug-likeness (QED) is 0.639. The zero-order valence-electron chi connectivity index (χ0n) is 11.0. The minimum atomic E-state index is -0.933. The maximum Gasteiger partial charge on any atom is 0.408 e. The number of halogens is 1. The highest BCUT2D eigenvalue weighted by molar-refractivity contribution is 5.82. The molecule has 1 aromatic rings. The second-order valence-electron chi connectivity index (χ2n) is 3.85. The van der Waals surface area contributed by atoms with Crippen LogP contribution in [0.15, 0.2) is 42.5 Å². The van der Waals surface area contributed by atoms with Crippen molar-refractivity contribution < 1.29 is 23.5 Å². The van der Waals surface area contributed by atoms with Crippen LogP contribution in [0.25, 0.3) is 0 Å². The minimum Gasteiger partial charge on any atom is -0.466 e. The monoisotopic (exact) mass is 281 g/mol. The standard InChI is InChI=1S/C14H16FNO4/c1-19-13(17)8-7-12(9-15)16-14(18)20-10-11-5-3-2-4-6-11/h2-8,12H,9-10H2,1H3,(H,16,18)/b8-7+/t12-/m0/s1. The Hall–Kier alpha value is -2.37. The zero-order valence-corrected chi connectivity index (χ0v) is 11.0. The lowest BCUT2D eigenvalue weighted by Gasteiger charge is -2.11. The first-order chi connectivity index (χ1) is 9.65. The number of alkyl carbamates (subject to hydrolysis) is 1. The first-order valence-corrected chi connectivity index (χ1v) is 5.95. The number of hydrogen-bond acceptors (Lipinski definition) is 4. The number of nitrogens with one attached hydrogen (secondary N) is 1. The van der Waals surface area contributed by atoms with E-state index < -0.39 is 24.8 Å². The largest absolute Gasteiger partial charge is 0.466 e. The van der Waals surface area contributed by atoms with Crippen molar-refractivity contribution in [1.82, 2.24) is 5.32 Å². The summed E-state index contributed by atoms with van der Waals surface area (Å²) in [5.74, 6) is -0.622. The van der Waals surface area contributed by atoms with Crippen molar-refractivity contribution in [3.63, 3.8) is 0 Å². The van der Waals surface area contributed by atoms with Gasteiger partial charge in [0.2, 0.25) is 0 Å². The third-order valence-electron chi connectivity index (χ3n) is 2.35. The molecule has 0 radical (unpaired) electrons. The van der Waals surface area contributed by atoms with Gasteiger partial charge in [-0.15, -0.1) is 0 Å². The summed E-state index contributed by atoms with van der Waals surface area (Å²) in [6.07, 6.45) is 1.49. The van der Waals surface area contributed by atoms with E-state index in [9.17, 15) is 14.0 Å². The molecular formula is C14H16FNO4. The van der Waals surface area contributed by atoms with E-state index in [2.05, 4.69) is 10.1 Å². The second-order valence-corrected chi connectivity index (χ2v) is 3.85. The van der Waals surface area contributed by atoms with Crippen LogP contribution < -0.4 is 5.32 Å².